The van der Waals surface area contributed by atoms with Gasteiger partial charge in [0.25, 0.3) is 0 Å². The molecule has 0 saturated heterocycles. The second-order valence-electron chi connectivity index (χ2n) is 6.58. The summed E-state index contributed by atoms with van der Waals surface area (Å²) in [7, 11) is 0. The highest BCUT2D eigenvalue weighted by Gasteiger charge is 2.33. The fraction of sp³-hybridized carbons (Fsp3) is 0.933. The molecule has 0 aromatic carbocycles. The highest BCUT2D eigenvalue weighted by atomic mass is 16.3. The Bertz CT molecular complexity index is 273. The van der Waals surface area contributed by atoms with Crippen molar-refractivity contribution in [2.24, 2.45) is 23.0 Å². The van der Waals surface area contributed by atoms with Crippen LogP contribution in [0, 0.1) is 17.3 Å². The lowest BCUT2D eigenvalue weighted by atomic mass is 9.87. The fourth-order valence-electron chi connectivity index (χ4n) is 3.07. The topological polar surface area (TPSA) is 75.4 Å². The summed E-state index contributed by atoms with van der Waals surface area (Å²) < 4.78 is 0. The summed E-state index contributed by atoms with van der Waals surface area (Å²) >= 11 is 0. The van der Waals surface area contributed by atoms with Crippen LogP contribution in [0.25, 0.3) is 0 Å². The lowest BCUT2D eigenvalue weighted by Gasteiger charge is -2.27. The minimum absolute atomic E-state index is 0.0636. The first kappa shape index (κ1) is 16.4. The molecule has 0 bridgehead atoms. The molecule has 1 rings (SSSR count). The molecule has 0 radical (unpaired) electrons. The highest BCUT2D eigenvalue weighted by molar-refractivity contribution is 5.76. The highest BCUT2D eigenvalue weighted by Crippen LogP contribution is 2.36. The summed E-state index contributed by atoms with van der Waals surface area (Å²) in [5.41, 5.74) is 5.66. The second kappa shape index (κ2) is 7.85. The molecule has 0 spiro atoms. The van der Waals surface area contributed by atoms with E-state index < -0.39 is 0 Å². The number of aliphatic hydroxyl groups is 1. The molecule has 0 aromatic rings. The van der Waals surface area contributed by atoms with Gasteiger partial charge in [0.05, 0.1) is 6.61 Å². The van der Waals surface area contributed by atoms with Gasteiger partial charge < -0.3 is 16.2 Å². The van der Waals surface area contributed by atoms with Crippen molar-refractivity contribution in [1.29, 1.82) is 0 Å². The lowest BCUT2D eigenvalue weighted by Crippen LogP contribution is -2.39. The van der Waals surface area contributed by atoms with Gasteiger partial charge in [0.15, 0.2) is 0 Å². The summed E-state index contributed by atoms with van der Waals surface area (Å²) in [6.07, 6.45) is 5.88. The van der Waals surface area contributed by atoms with Gasteiger partial charge in [-0.25, -0.2) is 0 Å². The van der Waals surface area contributed by atoms with Crippen molar-refractivity contribution < 1.29 is 9.90 Å². The van der Waals surface area contributed by atoms with Gasteiger partial charge in [-0.2, -0.15) is 0 Å². The zero-order valence-electron chi connectivity index (χ0n) is 12.5. The molecule has 0 aliphatic heterocycles. The normalized spacial score (nSPS) is 19.6. The standard InChI is InChI=1S/C15H30N2O2/c1-12(2)7-13(9-16)8-14(19)17-10-15(11-18)5-3-4-6-15/h12-13,18H,3-11,16H2,1-2H3,(H,17,19)/t13-/m0/s1. The minimum Gasteiger partial charge on any atom is -0.396 e. The average Bonchev–Trinajstić information content (AvgIpc) is 2.84. The Morgan fingerprint density at radius 2 is 2.00 bits per heavy atom. The van der Waals surface area contributed by atoms with Gasteiger partial charge in [0.2, 0.25) is 5.91 Å². The molecule has 1 atom stereocenters. The Morgan fingerprint density at radius 1 is 1.37 bits per heavy atom. The third kappa shape index (κ3) is 5.49. The molecule has 4 nitrogen and oxygen atoms in total. The van der Waals surface area contributed by atoms with E-state index >= 15 is 0 Å². The maximum Gasteiger partial charge on any atom is 0.220 e. The summed E-state index contributed by atoms with van der Waals surface area (Å²) in [6, 6.07) is 0. The number of aliphatic hydroxyl groups excluding tert-OH is 1. The first-order valence-corrected chi connectivity index (χ1v) is 7.59. The second-order valence-corrected chi connectivity index (χ2v) is 6.58. The van der Waals surface area contributed by atoms with Gasteiger partial charge in [-0.1, -0.05) is 26.7 Å². The van der Waals surface area contributed by atoms with Crippen molar-refractivity contribution in [3.8, 4) is 0 Å². The molecule has 112 valence electrons. The maximum atomic E-state index is 12.0. The molecule has 4 N–H and O–H groups in total. The van der Waals surface area contributed by atoms with Crippen LogP contribution in [0.3, 0.4) is 0 Å². The van der Waals surface area contributed by atoms with Crippen LogP contribution in [-0.4, -0.2) is 30.7 Å². The van der Waals surface area contributed by atoms with E-state index in [1.807, 2.05) is 0 Å². The number of nitrogens with two attached hydrogens (primary N) is 1. The number of amides is 1. The van der Waals surface area contributed by atoms with E-state index in [9.17, 15) is 9.90 Å². The Morgan fingerprint density at radius 3 is 2.47 bits per heavy atom. The monoisotopic (exact) mass is 270 g/mol. The number of nitrogens with one attached hydrogen (secondary N) is 1. The lowest BCUT2D eigenvalue weighted by molar-refractivity contribution is -0.122. The molecule has 1 aliphatic rings. The molecule has 19 heavy (non-hydrogen) atoms. The van der Waals surface area contributed by atoms with E-state index in [-0.39, 0.29) is 23.8 Å². The molecule has 0 unspecified atom stereocenters. The number of carbonyl (C=O) groups excluding carboxylic acids is 1. The van der Waals surface area contributed by atoms with E-state index in [0.717, 1.165) is 32.1 Å². The van der Waals surface area contributed by atoms with E-state index in [4.69, 9.17) is 5.73 Å². The van der Waals surface area contributed by atoms with Crippen LogP contribution >= 0.6 is 0 Å². The maximum absolute atomic E-state index is 12.0. The van der Waals surface area contributed by atoms with E-state index in [1.165, 1.54) is 0 Å². The van der Waals surface area contributed by atoms with Crippen molar-refractivity contribution in [2.45, 2.75) is 52.4 Å². The smallest absolute Gasteiger partial charge is 0.220 e. The van der Waals surface area contributed by atoms with Crippen LogP contribution in [0.1, 0.15) is 52.4 Å². The van der Waals surface area contributed by atoms with E-state index in [1.54, 1.807) is 0 Å². The van der Waals surface area contributed by atoms with Crippen molar-refractivity contribution >= 4 is 5.91 Å². The largest absolute Gasteiger partial charge is 0.396 e. The van der Waals surface area contributed by atoms with Crippen LogP contribution < -0.4 is 11.1 Å². The van der Waals surface area contributed by atoms with Gasteiger partial charge >= 0.3 is 0 Å². The van der Waals surface area contributed by atoms with Crippen LogP contribution in [0.5, 0.6) is 0 Å². The van der Waals surface area contributed by atoms with Gasteiger partial charge in [-0.05, 0) is 37.6 Å². The third-order valence-corrected chi connectivity index (χ3v) is 4.27. The predicted molar refractivity (Wildman–Crippen MR) is 77.6 cm³/mol. The number of hydrogen-bond acceptors (Lipinski definition) is 3. The van der Waals surface area contributed by atoms with Crippen molar-refractivity contribution in [2.75, 3.05) is 19.7 Å². The van der Waals surface area contributed by atoms with Crippen LogP contribution in [-0.2, 0) is 4.79 Å². The SMILES string of the molecule is CC(C)C[C@H](CN)CC(=O)NCC1(CO)CCCC1. The Labute approximate surface area is 117 Å². The molecular formula is C15H30N2O2. The van der Waals surface area contributed by atoms with Crippen LogP contribution in [0.4, 0.5) is 0 Å². The molecule has 4 heteroatoms. The Kier molecular flexibility index (Phi) is 6.80. The quantitative estimate of drug-likeness (QED) is 0.628. The van der Waals surface area contributed by atoms with E-state index in [0.29, 0.717) is 25.4 Å². The summed E-state index contributed by atoms with van der Waals surface area (Å²) in [5.74, 6) is 0.921. The van der Waals surface area contributed by atoms with Crippen molar-refractivity contribution in [3.05, 3.63) is 0 Å². The first-order valence-electron chi connectivity index (χ1n) is 7.59. The fourth-order valence-corrected chi connectivity index (χ4v) is 3.07. The van der Waals surface area contributed by atoms with Crippen molar-refractivity contribution in [1.82, 2.24) is 5.32 Å². The Hall–Kier alpha value is -0.610. The molecule has 1 fully saturated rings. The number of rotatable bonds is 8. The molecule has 1 amide bonds. The molecule has 1 aliphatic carbocycles. The summed E-state index contributed by atoms with van der Waals surface area (Å²) in [4.78, 5) is 12.0. The molecule has 0 aromatic heterocycles. The first-order chi connectivity index (χ1) is 9.01. The average molecular weight is 270 g/mol. The van der Waals surface area contributed by atoms with Crippen molar-refractivity contribution in [3.63, 3.8) is 0 Å². The predicted octanol–water partition coefficient (Wildman–Crippen LogP) is 1.67. The minimum atomic E-state index is -0.0636. The van der Waals surface area contributed by atoms with Crippen LogP contribution in [0.2, 0.25) is 0 Å². The van der Waals surface area contributed by atoms with Gasteiger partial charge in [0, 0.05) is 18.4 Å². The zero-order chi connectivity index (χ0) is 14.3. The van der Waals surface area contributed by atoms with Gasteiger partial charge in [-0.15, -0.1) is 0 Å². The Balaban J connectivity index is 2.33. The molecule has 1 saturated carbocycles. The van der Waals surface area contributed by atoms with Gasteiger partial charge in [-0.3, -0.25) is 4.79 Å². The number of hydrogen-bond donors (Lipinski definition) is 3. The van der Waals surface area contributed by atoms with Gasteiger partial charge in [0.1, 0.15) is 0 Å². The summed E-state index contributed by atoms with van der Waals surface area (Å²) in [5, 5.41) is 12.5. The van der Waals surface area contributed by atoms with E-state index in [2.05, 4.69) is 19.2 Å². The molecule has 0 heterocycles. The third-order valence-electron chi connectivity index (χ3n) is 4.27. The molecular weight excluding hydrogens is 240 g/mol. The zero-order valence-corrected chi connectivity index (χ0v) is 12.5. The summed E-state index contributed by atoms with van der Waals surface area (Å²) in [6.45, 7) is 5.66. The van der Waals surface area contributed by atoms with Crippen LogP contribution in [0.15, 0.2) is 0 Å². The number of carbonyl (C=O) groups is 1.